The Labute approximate surface area is 95.5 Å². The summed E-state index contributed by atoms with van der Waals surface area (Å²) in [6.07, 6.45) is 0. The summed E-state index contributed by atoms with van der Waals surface area (Å²) < 4.78 is 2.11. The Morgan fingerprint density at radius 3 is 2.94 bits per heavy atom. The number of imidazole rings is 1. The summed E-state index contributed by atoms with van der Waals surface area (Å²) in [5.41, 5.74) is 2.21. The smallest absolute Gasteiger partial charge is 0.123 e. The van der Waals surface area contributed by atoms with Gasteiger partial charge in [-0.25, -0.2) is 4.98 Å². The van der Waals surface area contributed by atoms with Gasteiger partial charge in [0.1, 0.15) is 5.82 Å². The summed E-state index contributed by atoms with van der Waals surface area (Å²) in [6, 6.07) is 8.15. The van der Waals surface area contributed by atoms with E-state index in [0.29, 0.717) is 6.54 Å². The van der Waals surface area contributed by atoms with Gasteiger partial charge in [-0.05, 0) is 19.1 Å². The zero-order valence-electron chi connectivity index (χ0n) is 9.62. The minimum absolute atomic E-state index is 0.708. The number of para-hydroxylation sites is 2. The van der Waals surface area contributed by atoms with Crippen molar-refractivity contribution in [3.05, 3.63) is 30.1 Å². The average molecular weight is 213 g/mol. The van der Waals surface area contributed by atoms with Gasteiger partial charge >= 0.3 is 0 Å². The lowest BCUT2D eigenvalue weighted by molar-refractivity contribution is 0.693. The van der Waals surface area contributed by atoms with Gasteiger partial charge in [-0.1, -0.05) is 18.1 Å². The monoisotopic (exact) mass is 213 g/mol. The third-order valence-electron chi connectivity index (χ3n) is 2.55. The van der Waals surface area contributed by atoms with Crippen LogP contribution in [-0.4, -0.2) is 16.1 Å². The molecule has 0 unspecified atom stereocenters. The molecule has 82 valence electrons. The van der Waals surface area contributed by atoms with Crippen LogP contribution < -0.4 is 5.32 Å². The first kappa shape index (κ1) is 10.7. The van der Waals surface area contributed by atoms with Crippen LogP contribution in [0.2, 0.25) is 0 Å². The molecule has 2 aromatic rings. The topological polar surface area (TPSA) is 29.9 Å². The number of hydrogen-bond acceptors (Lipinski definition) is 2. The van der Waals surface area contributed by atoms with Gasteiger partial charge < -0.3 is 4.57 Å². The van der Waals surface area contributed by atoms with E-state index in [2.05, 4.69) is 32.8 Å². The second-order valence-electron chi connectivity index (χ2n) is 3.61. The average Bonchev–Trinajstić information content (AvgIpc) is 2.63. The molecular weight excluding hydrogens is 198 g/mol. The SMILES string of the molecule is CC#CCNCc1nc2ccccc2n1C. The standard InChI is InChI=1S/C13H15N3/c1-3-4-9-14-10-13-15-11-7-5-6-8-12(11)16(13)2/h5-8,14H,9-10H2,1-2H3. The van der Waals surface area contributed by atoms with E-state index in [-0.39, 0.29) is 0 Å². The van der Waals surface area contributed by atoms with Crippen LogP contribution >= 0.6 is 0 Å². The first-order valence-electron chi connectivity index (χ1n) is 5.33. The molecule has 0 atom stereocenters. The van der Waals surface area contributed by atoms with E-state index in [1.54, 1.807) is 0 Å². The van der Waals surface area contributed by atoms with Crippen LogP contribution in [0.5, 0.6) is 0 Å². The van der Waals surface area contributed by atoms with Crippen molar-refractivity contribution >= 4 is 11.0 Å². The van der Waals surface area contributed by atoms with Crippen molar-refractivity contribution < 1.29 is 0 Å². The maximum absolute atomic E-state index is 4.56. The van der Waals surface area contributed by atoms with Crippen LogP contribution in [0, 0.1) is 11.8 Å². The summed E-state index contributed by atoms with van der Waals surface area (Å²) in [4.78, 5) is 4.56. The summed E-state index contributed by atoms with van der Waals surface area (Å²) in [6.45, 7) is 3.30. The van der Waals surface area contributed by atoms with Gasteiger partial charge in [-0.15, -0.1) is 5.92 Å². The van der Waals surface area contributed by atoms with Crippen LogP contribution in [0.1, 0.15) is 12.7 Å². The van der Waals surface area contributed by atoms with Gasteiger partial charge in [0.25, 0.3) is 0 Å². The highest BCUT2D eigenvalue weighted by atomic mass is 15.1. The Kier molecular flexibility index (Phi) is 3.23. The maximum Gasteiger partial charge on any atom is 0.123 e. The fourth-order valence-corrected chi connectivity index (χ4v) is 1.68. The Bertz CT molecular complexity index is 543. The van der Waals surface area contributed by atoms with Gasteiger partial charge in [-0.2, -0.15) is 0 Å². The normalized spacial score (nSPS) is 10.1. The van der Waals surface area contributed by atoms with Crippen molar-refractivity contribution in [1.29, 1.82) is 0 Å². The van der Waals surface area contributed by atoms with Crippen molar-refractivity contribution in [1.82, 2.24) is 14.9 Å². The van der Waals surface area contributed by atoms with E-state index in [9.17, 15) is 0 Å². The number of nitrogens with one attached hydrogen (secondary N) is 1. The molecule has 0 aliphatic rings. The van der Waals surface area contributed by atoms with Crippen LogP contribution in [0.4, 0.5) is 0 Å². The van der Waals surface area contributed by atoms with Gasteiger partial charge in [0, 0.05) is 7.05 Å². The Balaban J connectivity index is 2.17. The molecule has 0 amide bonds. The molecule has 0 spiro atoms. The Hall–Kier alpha value is -1.79. The number of aryl methyl sites for hydroxylation is 1. The fourth-order valence-electron chi connectivity index (χ4n) is 1.68. The fraction of sp³-hybridized carbons (Fsp3) is 0.308. The maximum atomic E-state index is 4.56. The molecule has 0 saturated heterocycles. The number of fused-ring (bicyclic) bond motifs is 1. The molecule has 1 aromatic carbocycles. The van der Waals surface area contributed by atoms with Crippen molar-refractivity contribution in [3.63, 3.8) is 0 Å². The zero-order valence-corrected chi connectivity index (χ0v) is 9.62. The second-order valence-corrected chi connectivity index (χ2v) is 3.61. The van der Waals surface area contributed by atoms with E-state index < -0.39 is 0 Å². The highest BCUT2D eigenvalue weighted by Crippen LogP contribution is 2.13. The predicted molar refractivity (Wildman–Crippen MR) is 65.9 cm³/mol. The van der Waals surface area contributed by atoms with Gasteiger partial charge in [-0.3, -0.25) is 5.32 Å². The number of benzene rings is 1. The van der Waals surface area contributed by atoms with Crippen molar-refractivity contribution in [2.75, 3.05) is 6.54 Å². The van der Waals surface area contributed by atoms with Crippen LogP contribution in [0.3, 0.4) is 0 Å². The minimum Gasteiger partial charge on any atom is -0.330 e. The molecule has 16 heavy (non-hydrogen) atoms. The minimum atomic E-state index is 0.708. The molecule has 0 aliphatic heterocycles. The molecule has 0 saturated carbocycles. The molecular formula is C13H15N3. The van der Waals surface area contributed by atoms with E-state index >= 15 is 0 Å². The van der Waals surface area contributed by atoms with Crippen LogP contribution in [0.25, 0.3) is 11.0 Å². The zero-order chi connectivity index (χ0) is 11.4. The molecule has 1 heterocycles. The van der Waals surface area contributed by atoms with Crippen LogP contribution in [0.15, 0.2) is 24.3 Å². The molecule has 0 radical (unpaired) electrons. The lowest BCUT2D eigenvalue weighted by Crippen LogP contribution is -2.16. The number of hydrogen-bond donors (Lipinski definition) is 1. The summed E-state index contributed by atoms with van der Waals surface area (Å²) in [5.74, 6) is 6.87. The molecule has 1 N–H and O–H groups in total. The molecule has 0 bridgehead atoms. The number of nitrogens with zero attached hydrogens (tertiary/aromatic N) is 2. The number of aromatic nitrogens is 2. The summed E-state index contributed by atoms with van der Waals surface area (Å²) in [7, 11) is 2.04. The summed E-state index contributed by atoms with van der Waals surface area (Å²) in [5, 5.41) is 3.25. The van der Waals surface area contributed by atoms with Crippen LogP contribution in [-0.2, 0) is 13.6 Å². The van der Waals surface area contributed by atoms with Gasteiger partial charge in [0.05, 0.1) is 24.1 Å². The molecule has 2 rings (SSSR count). The van der Waals surface area contributed by atoms with E-state index in [4.69, 9.17) is 0 Å². The Morgan fingerprint density at radius 2 is 2.19 bits per heavy atom. The molecule has 3 nitrogen and oxygen atoms in total. The second kappa shape index (κ2) is 4.82. The largest absolute Gasteiger partial charge is 0.330 e. The Morgan fingerprint density at radius 1 is 1.38 bits per heavy atom. The highest BCUT2D eigenvalue weighted by Gasteiger charge is 2.05. The first-order chi connectivity index (χ1) is 7.83. The lowest BCUT2D eigenvalue weighted by Gasteiger charge is -2.01. The van der Waals surface area contributed by atoms with E-state index in [1.165, 1.54) is 5.52 Å². The molecule has 0 aliphatic carbocycles. The molecule has 1 aromatic heterocycles. The first-order valence-corrected chi connectivity index (χ1v) is 5.33. The van der Waals surface area contributed by atoms with Gasteiger partial charge in [0.2, 0.25) is 0 Å². The van der Waals surface area contributed by atoms with Crippen molar-refractivity contribution in [3.8, 4) is 11.8 Å². The predicted octanol–water partition coefficient (Wildman–Crippen LogP) is 1.69. The molecule has 3 heteroatoms. The third-order valence-corrected chi connectivity index (χ3v) is 2.55. The van der Waals surface area contributed by atoms with Crippen molar-refractivity contribution in [2.24, 2.45) is 7.05 Å². The lowest BCUT2D eigenvalue weighted by atomic mass is 10.3. The van der Waals surface area contributed by atoms with E-state index in [1.807, 2.05) is 32.2 Å². The van der Waals surface area contributed by atoms with Gasteiger partial charge in [0.15, 0.2) is 0 Å². The number of rotatable bonds is 3. The van der Waals surface area contributed by atoms with Crippen molar-refractivity contribution in [2.45, 2.75) is 13.5 Å². The van der Waals surface area contributed by atoms with E-state index in [0.717, 1.165) is 17.9 Å². The summed E-state index contributed by atoms with van der Waals surface area (Å²) >= 11 is 0. The highest BCUT2D eigenvalue weighted by molar-refractivity contribution is 5.75. The quantitative estimate of drug-likeness (QED) is 0.621. The molecule has 0 fully saturated rings. The third kappa shape index (κ3) is 2.07.